The average Bonchev–Trinajstić information content (AvgIpc) is 2.82. The molecule has 0 bridgehead atoms. The van der Waals surface area contributed by atoms with Crippen LogP contribution in [-0.4, -0.2) is 34.7 Å². The van der Waals surface area contributed by atoms with E-state index in [1.54, 1.807) is 0 Å². The Labute approximate surface area is 104 Å². The zero-order valence-corrected chi connectivity index (χ0v) is 9.76. The lowest BCUT2D eigenvalue weighted by atomic mass is 10.2. The molecule has 0 aromatic carbocycles. The minimum absolute atomic E-state index is 0.0272. The van der Waals surface area contributed by atoms with E-state index in [0.717, 1.165) is 12.8 Å². The second kappa shape index (κ2) is 5.59. The highest BCUT2D eigenvalue weighted by Gasteiger charge is 2.19. The molecule has 6 heteroatoms. The van der Waals surface area contributed by atoms with Crippen LogP contribution in [-0.2, 0) is 9.53 Å². The Bertz CT molecular complexity index is 455. The van der Waals surface area contributed by atoms with Gasteiger partial charge in [0.15, 0.2) is 0 Å². The minimum Gasteiger partial charge on any atom is -0.478 e. The van der Waals surface area contributed by atoms with Crippen LogP contribution in [0.5, 0.6) is 0 Å². The number of hydrogen-bond donors (Lipinski definition) is 2. The summed E-state index contributed by atoms with van der Waals surface area (Å²) >= 11 is 0. The summed E-state index contributed by atoms with van der Waals surface area (Å²) in [5.74, 6) is -1.26. The van der Waals surface area contributed by atoms with E-state index in [0.29, 0.717) is 12.3 Å². The zero-order valence-electron chi connectivity index (χ0n) is 9.76. The predicted octanol–water partition coefficient (Wildman–Crippen LogP) is 1.29. The summed E-state index contributed by atoms with van der Waals surface area (Å²) in [5.41, 5.74) is 0.433. The second-order valence-electron chi connectivity index (χ2n) is 4.15. The Morgan fingerprint density at radius 2 is 2.33 bits per heavy atom. The molecule has 1 aliphatic rings. The Morgan fingerprint density at radius 1 is 1.50 bits per heavy atom. The number of nitrogens with one attached hydrogen (secondary N) is 1. The molecular formula is C12H14N2O4. The summed E-state index contributed by atoms with van der Waals surface area (Å²) in [5, 5.41) is 11.4. The van der Waals surface area contributed by atoms with Crippen LogP contribution in [0.4, 0.5) is 5.69 Å². The molecule has 6 nitrogen and oxygen atoms in total. The minimum atomic E-state index is -1.07. The molecule has 1 amide bonds. The summed E-state index contributed by atoms with van der Waals surface area (Å²) in [6, 6.07) is 1.38. The van der Waals surface area contributed by atoms with E-state index in [2.05, 4.69) is 10.3 Å². The molecule has 1 atom stereocenters. The molecule has 1 aromatic heterocycles. The number of rotatable bonds is 4. The monoisotopic (exact) mass is 250 g/mol. The van der Waals surface area contributed by atoms with Crippen LogP contribution in [0.2, 0.25) is 0 Å². The molecule has 96 valence electrons. The number of anilines is 1. The third-order valence-corrected chi connectivity index (χ3v) is 2.71. The zero-order chi connectivity index (χ0) is 13.0. The first-order valence-electron chi connectivity index (χ1n) is 5.75. The largest absolute Gasteiger partial charge is 0.478 e. The van der Waals surface area contributed by atoms with Crippen molar-refractivity contribution in [1.82, 2.24) is 4.98 Å². The summed E-state index contributed by atoms with van der Waals surface area (Å²) < 4.78 is 5.35. The number of aromatic nitrogens is 1. The van der Waals surface area contributed by atoms with Gasteiger partial charge in [0.05, 0.1) is 30.0 Å². The van der Waals surface area contributed by atoms with Crippen LogP contribution in [0.3, 0.4) is 0 Å². The van der Waals surface area contributed by atoms with Gasteiger partial charge in [-0.3, -0.25) is 9.78 Å². The van der Waals surface area contributed by atoms with Crippen molar-refractivity contribution in [2.45, 2.75) is 25.4 Å². The van der Waals surface area contributed by atoms with Crippen LogP contribution < -0.4 is 5.32 Å². The number of carbonyl (C=O) groups excluding carboxylic acids is 1. The van der Waals surface area contributed by atoms with Gasteiger partial charge in [-0.05, 0) is 18.9 Å². The van der Waals surface area contributed by atoms with E-state index in [1.807, 2.05) is 0 Å². The number of ether oxygens (including phenoxy) is 1. The second-order valence-corrected chi connectivity index (χ2v) is 4.15. The lowest BCUT2D eigenvalue weighted by Gasteiger charge is -2.09. The van der Waals surface area contributed by atoms with Crippen molar-refractivity contribution in [3.05, 3.63) is 24.0 Å². The molecule has 2 heterocycles. The molecule has 2 N–H and O–H groups in total. The SMILES string of the molecule is O=C(CC1CCCO1)Nc1cncc(C(=O)O)c1. The van der Waals surface area contributed by atoms with Crippen LogP contribution in [0.1, 0.15) is 29.6 Å². The fraction of sp³-hybridized carbons (Fsp3) is 0.417. The van der Waals surface area contributed by atoms with Crippen LogP contribution in [0.15, 0.2) is 18.5 Å². The van der Waals surface area contributed by atoms with Crippen molar-refractivity contribution < 1.29 is 19.4 Å². The first-order valence-corrected chi connectivity index (χ1v) is 5.75. The summed E-state index contributed by atoms with van der Waals surface area (Å²) in [4.78, 5) is 26.2. The molecule has 1 aromatic rings. The van der Waals surface area contributed by atoms with Gasteiger partial charge in [0, 0.05) is 12.8 Å². The lowest BCUT2D eigenvalue weighted by molar-refractivity contribution is -0.118. The number of hydrogen-bond acceptors (Lipinski definition) is 4. The first kappa shape index (κ1) is 12.5. The highest BCUT2D eigenvalue weighted by atomic mass is 16.5. The van der Waals surface area contributed by atoms with E-state index < -0.39 is 5.97 Å². The number of amides is 1. The topological polar surface area (TPSA) is 88.5 Å². The van der Waals surface area contributed by atoms with Crippen LogP contribution in [0, 0.1) is 0 Å². The van der Waals surface area contributed by atoms with E-state index in [-0.39, 0.29) is 24.0 Å². The molecule has 0 radical (unpaired) electrons. The molecule has 0 spiro atoms. The first-order chi connectivity index (χ1) is 8.65. The van der Waals surface area contributed by atoms with Crippen LogP contribution in [0.25, 0.3) is 0 Å². The van der Waals surface area contributed by atoms with Gasteiger partial charge < -0.3 is 15.2 Å². The van der Waals surface area contributed by atoms with E-state index in [1.165, 1.54) is 18.5 Å². The molecule has 1 saturated heterocycles. The van der Waals surface area contributed by atoms with E-state index in [4.69, 9.17) is 9.84 Å². The quantitative estimate of drug-likeness (QED) is 0.840. The number of aromatic carboxylic acids is 1. The fourth-order valence-electron chi connectivity index (χ4n) is 1.85. The Balaban J connectivity index is 1.93. The van der Waals surface area contributed by atoms with E-state index in [9.17, 15) is 9.59 Å². The Kier molecular flexibility index (Phi) is 3.88. The maximum atomic E-state index is 11.7. The van der Waals surface area contributed by atoms with Crippen molar-refractivity contribution in [3.63, 3.8) is 0 Å². The van der Waals surface area contributed by atoms with Gasteiger partial charge in [-0.2, -0.15) is 0 Å². The van der Waals surface area contributed by atoms with Gasteiger partial charge in [-0.25, -0.2) is 4.79 Å². The van der Waals surface area contributed by atoms with E-state index >= 15 is 0 Å². The molecule has 0 aliphatic carbocycles. The molecule has 1 aliphatic heterocycles. The molecule has 1 fully saturated rings. The van der Waals surface area contributed by atoms with Crippen molar-refractivity contribution in [1.29, 1.82) is 0 Å². The Morgan fingerprint density at radius 3 is 3.00 bits per heavy atom. The van der Waals surface area contributed by atoms with Gasteiger partial charge in [-0.15, -0.1) is 0 Å². The molecule has 2 rings (SSSR count). The van der Waals surface area contributed by atoms with Crippen molar-refractivity contribution in [2.75, 3.05) is 11.9 Å². The third-order valence-electron chi connectivity index (χ3n) is 2.71. The number of carboxylic acids is 1. The number of pyridine rings is 1. The highest BCUT2D eigenvalue weighted by Crippen LogP contribution is 2.16. The number of carbonyl (C=O) groups is 2. The number of carboxylic acid groups (broad SMARTS) is 1. The van der Waals surface area contributed by atoms with Gasteiger partial charge in [0.1, 0.15) is 0 Å². The Hall–Kier alpha value is -1.95. The summed E-state index contributed by atoms with van der Waals surface area (Å²) in [6.45, 7) is 0.702. The predicted molar refractivity (Wildman–Crippen MR) is 63.4 cm³/mol. The van der Waals surface area contributed by atoms with Gasteiger partial charge in [-0.1, -0.05) is 0 Å². The van der Waals surface area contributed by atoms with Crippen molar-refractivity contribution in [3.8, 4) is 0 Å². The molecule has 18 heavy (non-hydrogen) atoms. The maximum Gasteiger partial charge on any atom is 0.337 e. The van der Waals surface area contributed by atoms with Crippen molar-refractivity contribution >= 4 is 17.6 Å². The summed E-state index contributed by atoms with van der Waals surface area (Å²) in [7, 11) is 0. The summed E-state index contributed by atoms with van der Waals surface area (Å²) in [6.07, 6.45) is 4.78. The number of nitrogens with zero attached hydrogens (tertiary/aromatic N) is 1. The maximum absolute atomic E-state index is 11.7. The van der Waals surface area contributed by atoms with Gasteiger partial charge in [0.25, 0.3) is 0 Å². The molecule has 1 unspecified atom stereocenters. The lowest BCUT2D eigenvalue weighted by Crippen LogP contribution is -2.19. The van der Waals surface area contributed by atoms with Gasteiger partial charge in [0.2, 0.25) is 5.91 Å². The molecular weight excluding hydrogens is 236 g/mol. The molecule has 0 saturated carbocycles. The van der Waals surface area contributed by atoms with Gasteiger partial charge >= 0.3 is 5.97 Å². The average molecular weight is 250 g/mol. The van der Waals surface area contributed by atoms with Crippen LogP contribution >= 0.6 is 0 Å². The van der Waals surface area contributed by atoms with Crippen molar-refractivity contribution in [2.24, 2.45) is 0 Å². The normalized spacial score (nSPS) is 18.6. The highest BCUT2D eigenvalue weighted by molar-refractivity contribution is 5.93. The fourth-order valence-corrected chi connectivity index (χ4v) is 1.85. The smallest absolute Gasteiger partial charge is 0.337 e. The standard InChI is InChI=1S/C12H14N2O4/c15-11(5-10-2-1-3-18-10)14-9-4-8(12(16)17)6-13-7-9/h4,6-7,10H,1-3,5H2,(H,14,15)(H,16,17). The third kappa shape index (κ3) is 3.27.